The SMILES string of the molecule is N#Cc1ccc(C2CCC(OC(=O)C3CCC4OC4C3)CC2)cc1. The summed E-state index contributed by atoms with van der Waals surface area (Å²) < 4.78 is 11.3. The van der Waals surface area contributed by atoms with Crippen LogP contribution in [0.25, 0.3) is 0 Å². The van der Waals surface area contributed by atoms with Crippen molar-refractivity contribution in [1.82, 2.24) is 0 Å². The highest BCUT2D eigenvalue weighted by Gasteiger charge is 2.46. The number of hydrogen-bond donors (Lipinski definition) is 0. The van der Waals surface area contributed by atoms with Crippen LogP contribution in [0.4, 0.5) is 0 Å². The Bertz CT molecular complexity index is 640. The maximum atomic E-state index is 12.3. The predicted molar refractivity (Wildman–Crippen MR) is 88.2 cm³/mol. The quantitative estimate of drug-likeness (QED) is 0.628. The molecule has 0 aromatic heterocycles. The van der Waals surface area contributed by atoms with Gasteiger partial charge in [0.05, 0.1) is 29.8 Å². The van der Waals surface area contributed by atoms with Gasteiger partial charge in [-0.15, -0.1) is 0 Å². The molecule has 4 heteroatoms. The molecule has 1 aromatic rings. The van der Waals surface area contributed by atoms with Crippen LogP contribution < -0.4 is 0 Å². The minimum atomic E-state index is -0.00854. The van der Waals surface area contributed by atoms with Gasteiger partial charge in [-0.2, -0.15) is 5.26 Å². The second-order valence-electron chi connectivity index (χ2n) is 7.37. The van der Waals surface area contributed by atoms with Gasteiger partial charge in [0.2, 0.25) is 0 Å². The lowest BCUT2D eigenvalue weighted by atomic mass is 9.82. The van der Waals surface area contributed by atoms with Crippen molar-refractivity contribution in [1.29, 1.82) is 5.26 Å². The Labute approximate surface area is 142 Å². The summed E-state index contributed by atoms with van der Waals surface area (Å²) in [6, 6.07) is 10.0. The average Bonchev–Trinajstić information content (AvgIpc) is 3.41. The minimum absolute atomic E-state index is 0.00854. The molecule has 0 radical (unpaired) electrons. The monoisotopic (exact) mass is 325 g/mol. The van der Waals surface area contributed by atoms with Crippen LogP contribution in [0.2, 0.25) is 0 Å². The van der Waals surface area contributed by atoms with Crippen molar-refractivity contribution in [2.45, 2.75) is 69.2 Å². The average molecular weight is 325 g/mol. The lowest BCUT2D eigenvalue weighted by molar-refractivity contribution is -0.156. The van der Waals surface area contributed by atoms with Crippen molar-refractivity contribution in [3.8, 4) is 6.07 Å². The summed E-state index contributed by atoms with van der Waals surface area (Å²) >= 11 is 0. The summed E-state index contributed by atoms with van der Waals surface area (Å²) in [5.41, 5.74) is 2.00. The van der Waals surface area contributed by atoms with Crippen LogP contribution in [0.1, 0.15) is 62.0 Å². The molecule has 126 valence electrons. The molecule has 2 saturated carbocycles. The zero-order valence-electron chi connectivity index (χ0n) is 13.8. The van der Waals surface area contributed by atoms with E-state index in [0.717, 1.165) is 44.9 Å². The third kappa shape index (κ3) is 3.32. The van der Waals surface area contributed by atoms with E-state index < -0.39 is 0 Å². The van der Waals surface area contributed by atoms with E-state index in [1.165, 1.54) is 5.56 Å². The third-order valence-corrected chi connectivity index (χ3v) is 5.81. The number of esters is 1. The molecule has 1 heterocycles. The summed E-state index contributed by atoms with van der Waals surface area (Å²) in [6.07, 6.45) is 7.56. The largest absolute Gasteiger partial charge is 0.462 e. The number of benzene rings is 1. The van der Waals surface area contributed by atoms with E-state index >= 15 is 0 Å². The van der Waals surface area contributed by atoms with E-state index in [-0.39, 0.29) is 18.0 Å². The first kappa shape index (κ1) is 15.7. The molecule has 0 N–H and O–H groups in total. The molecule has 4 rings (SSSR count). The van der Waals surface area contributed by atoms with Gasteiger partial charge in [-0.1, -0.05) is 12.1 Å². The predicted octanol–water partition coefficient (Wildman–Crippen LogP) is 3.70. The van der Waals surface area contributed by atoms with Crippen LogP contribution in [0.3, 0.4) is 0 Å². The van der Waals surface area contributed by atoms with Gasteiger partial charge in [-0.25, -0.2) is 0 Å². The Hall–Kier alpha value is -1.86. The van der Waals surface area contributed by atoms with Crippen LogP contribution >= 0.6 is 0 Å². The number of nitriles is 1. The van der Waals surface area contributed by atoms with Gasteiger partial charge < -0.3 is 9.47 Å². The number of rotatable bonds is 3. The Morgan fingerprint density at radius 1 is 1.04 bits per heavy atom. The van der Waals surface area contributed by atoms with Crippen LogP contribution in [0.5, 0.6) is 0 Å². The highest BCUT2D eigenvalue weighted by molar-refractivity contribution is 5.73. The van der Waals surface area contributed by atoms with Crippen molar-refractivity contribution >= 4 is 5.97 Å². The van der Waals surface area contributed by atoms with Crippen molar-refractivity contribution in [3.63, 3.8) is 0 Å². The van der Waals surface area contributed by atoms with E-state index in [1.807, 2.05) is 12.1 Å². The molecule has 3 aliphatic rings. The number of epoxide rings is 1. The topological polar surface area (TPSA) is 62.6 Å². The van der Waals surface area contributed by atoms with Crippen LogP contribution in [-0.4, -0.2) is 24.3 Å². The molecule has 1 saturated heterocycles. The fourth-order valence-corrected chi connectivity index (χ4v) is 4.22. The van der Waals surface area contributed by atoms with Gasteiger partial charge in [0.25, 0.3) is 0 Å². The molecule has 3 atom stereocenters. The molecule has 2 aliphatic carbocycles. The summed E-state index contributed by atoms with van der Waals surface area (Å²) in [5, 5.41) is 8.88. The van der Waals surface area contributed by atoms with E-state index in [9.17, 15) is 4.79 Å². The standard InChI is InChI=1S/C20H23NO3/c21-12-13-1-3-14(4-2-13)15-5-8-17(9-6-15)23-20(22)16-7-10-18-19(11-16)24-18/h1-4,15-19H,5-11H2. The third-order valence-electron chi connectivity index (χ3n) is 5.81. The van der Waals surface area contributed by atoms with Gasteiger partial charge in [-0.3, -0.25) is 4.79 Å². The number of hydrogen-bond acceptors (Lipinski definition) is 4. The zero-order chi connectivity index (χ0) is 16.5. The highest BCUT2D eigenvalue weighted by Crippen LogP contribution is 2.40. The van der Waals surface area contributed by atoms with Crippen LogP contribution in [0, 0.1) is 17.2 Å². The maximum Gasteiger partial charge on any atom is 0.309 e. The number of carbonyl (C=O) groups is 1. The van der Waals surface area contributed by atoms with Gasteiger partial charge in [0.1, 0.15) is 6.10 Å². The summed E-state index contributed by atoms with van der Waals surface area (Å²) in [7, 11) is 0. The summed E-state index contributed by atoms with van der Waals surface area (Å²) in [6.45, 7) is 0. The first-order chi connectivity index (χ1) is 11.7. The molecule has 4 nitrogen and oxygen atoms in total. The van der Waals surface area contributed by atoms with Gasteiger partial charge in [-0.05, 0) is 68.6 Å². The molecule has 3 fully saturated rings. The number of nitrogens with zero attached hydrogens (tertiary/aromatic N) is 1. The van der Waals surface area contributed by atoms with Crippen molar-refractivity contribution in [2.75, 3.05) is 0 Å². The molecular weight excluding hydrogens is 302 g/mol. The van der Waals surface area contributed by atoms with Crippen molar-refractivity contribution < 1.29 is 14.3 Å². The highest BCUT2D eigenvalue weighted by atomic mass is 16.6. The molecule has 1 aliphatic heterocycles. The Morgan fingerprint density at radius 3 is 2.46 bits per heavy atom. The first-order valence-corrected chi connectivity index (χ1v) is 9.09. The number of fused-ring (bicyclic) bond motifs is 1. The minimum Gasteiger partial charge on any atom is -0.462 e. The fraction of sp³-hybridized carbons (Fsp3) is 0.600. The Balaban J connectivity index is 1.26. The normalized spacial score (nSPS) is 34.7. The lowest BCUT2D eigenvalue weighted by Gasteiger charge is -2.30. The maximum absolute atomic E-state index is 12.3. The molecule has 3 unspecified atom stereocenters. The van der Waals surface area contributed by atoms with Gasteiger partial charge >= 0.3 is 5.97 Å². The summed E-state index contributed by atoms with van der Waals surface area (Å²) in [4.78, 5) is 12.3. The second kappa shape index (κ2) is 6.57. The zero-order valence-corrected chi connectivity index (χ0v) is 13.8. The van der Waals surface area contributed by atoms with Crippen molar-refractivity contribution in [2.24, 2.45) is 5.92 Å². The molecule has 24 heavy (non-hydrogen) atoms. The van der Waals surface area contributed by atoms with E-state index in [0.29, 0.717) is 23.7 Å². The van der Waals surface area contributed by atoms with Crippen molar-refractivity contribution in [3.05, 3.63) is 35.4 Å². The molecule has 0 spiro atoms. The second-order valence-corrected chi connectivity index (χ2v) is 7.37. The van der Waals surface area contributed by atoms with Crippen LogP contribution in [0.15, 0.2) is 24.3 Å². The number of carbonyl (C=O) groups excluding carboxylic acids is 1. The van der Waals surface area contributed by atoms with Gasteiger partial charge in [0, 0.05) is 0 Å². The van der Waals surface area contributed by atoms with Gasteiger partial charge in [0.15, 0.2) is 0 Å². The smallest absolute Gasteiger partial charge is 0.309 e. The van der Waals surface area contributed by atoms with E-state index in [2.05, 4.69) is 18.2 Å². The van der Waals surface area contributed by atoms with Crippen LogP contribution in [-0.2, 0) is 14.3 Å². The first-order valence-electron chi connectivity index (χ1n) is 9.09. The molecular formula is C20H23NO3. The molecule has 0 amide bonds. The Kier molecular flexibility index (Phi) is 4.28. The lowest BCUT2D eigenvalue weighted by Crippen LogP contribution is -2.30. The number of ether oxygens (including phenoxy) is 2. The fourth-order valence-electron chi connectivity index (χ4n) is 4.22. The van der Waals surface area contributed by atoms with E-state index in [4.69, 9.17) is 14.7 Å². The van der Waals surface area contributed by atoms with E-state index in [1.54, 1.807) is 0 Å². The molecule has 0 bridgehead atoms. The Morgan fingerprint density at radius 2 is 1.79 bits per heavy atom. The summed E-state index contributed by atoms with van der Waals surface area (Å²) in [5.74, 6) is 0.554. The molecule has 1 aromatic carbocycles.